The summed E-state index contributed by atoms with van der Waals surface area (Å²) in [6.45, 7) is 9.39. The number of hydrogen-bond acceptors (Lipinski definition) is 2. The molecule has 0 aromatic rings. The van der Waals surface area contributed by atoms with E-state index < -0.39 is 9.04 Å². The highest BCUT2D eigenvalue weighted by Crippen LogP contribution is 2.12. The third-order valence-electron chi connectivity index (χ3n) is 2.25. The Labute approximate surface area is 90.7 Å². The van der Waals surface area contributed by atoms with Gasteiger partial charge in [-0.25, -0.2) is 0 Å². The fraction of sp³-hybridized carbons (Fsp3) is 1.00. The van der Waals surface area contributed by atoms with Crippen LogP contribution in [0, 0.1) is 0 Å². The summed E-state index contributed by atoms with van der Waals surface area (Å²) in [7, 11) is -0.966. The van der Waals surface area contributed by atoms with Gasteiger partial charge in [0.1, 0.15) is 6.29 Å². The van der Waals surface area contributed by atoms with Crippen molar-refractivity contribution in [2.24, 2.45) is 0 Å². The van der Waals surface area contributed by atoms with Crippen molar-refractivity contribution in [3.05, 3.63) is 0 Å². The number of hydrogen-bond donors (Lipinski definition) is 0. The molecule has 0 bridgehead atoms. The Balaban J connectivity index is 3.83. The lowest BCUT2D eigenvalue weighted by Gasteiger charge is -2.22. The molecule has 0 radical (unpaired) electrons. The monoisotopic (exact) mass is 218 g/mol. The molecule has 0 rings (SSSR count). The van der Waals surface area contributed by atoms with Gasteiger partial charge in [-0.1, -0.05) is 33.6 Å². The normalized spacial score (nSPS) is 13.5. The Morgan fingerprint density at radius 1 is 1.00 bits per heavy atom. The van der Waals surface area contributed by atoms with Gasteiger partial charge in [-0.15, -0.1) is 0 Å². The topological polar surface area (TPSA) is 18.5 Å². The summed E-state index contributed by atoms with van der Waals surface area (Å²) in [5, 5.41) is 0. The van der Waals surface area contributed by atoms with Crippen molar-refractivity contribution in [2.75, 3.05) is 6.61 Å². The summed E-state index contributed by atoms with van der Waals surface area (Å²) in [6, 6.07) is 2.58. The molecule has 0 spiro atoms. The molecule has 1 atom stereocenters. The van der Waals surface area contributed by atoms with Crippen molar-refractivity contribution in [3.8, 4) is 0 Å². The smallest absolute Gasteiger partial charge is 0.180 e. The molecule has 0 saturated carbocycles. The zero-order valence-corrected chi connectivity index (χ0v) is 11.4. The largest absolute Gasteiger partial charge is 0.396 e. The molecular weight excluding hydrogens is 192 g/mol. The molecule has 1 unspecified atom stereocenters. The van der Waals surface area contributed by atoms with Gasteiger partial charge < -0.3 is 9.16 Å². The SMILES string of the molecule is CCC[SiH](CCC)OC(CC)OCC. The fourth-order valence-corrected chi connectivity index (χ4v) is 4.13. The Morgan fingerprint density at radius 3 is 1.93 bits per heavy atom. The van der Waals surface area contributed by atoms with E-state index in [9.17, 15) is 0 Å². The van der Waals surface area contributed by atoms with Crippen LogP contribution in [0.5, 0.6) is 0 Å². The zero-order chi connectivity index (χ0) is 10.8. The highest BCUT2D eigenvalue weighted by molar-refractivity contribution is 6.51. The van der Waals surface area contributed by atoms with Gasteiger partial charge in [0.25, 0.3) is 0 Å². The van der Waals surface area contributed by atoms with Gasteiger partial charge in [-0.2, -0.15) is 0 Å². The molecule has 3 heteroatoms. The minimum Gasteiger partial charge on any atom is -0.396 e. The molecule has 0 amide bonds. The van der Waals surface area contributed by atoms with Gasteiger partial charge in [0, 0.05) is 6.61 Å². The van der Waals surface area contributed by atoms with Crippen molar-refractivity contribution >= 4 is 9.04 Å². The van der Waals surface area contributed by atoms with E-state index in [-0.39, 0.29) is 6.29 Å². The average molecular weight is 218 g/mol. The lowest BCUT2D eigenvalue weighted by atomic mass is 10.5. The predicted octanol–water partition coefficient (Wildman–Crippen LogP) is 3.32. The van der Waals surface area contributed by atoms with Crippen LogP contribution in [-0.2, 0) is 9.16 Å². The van der Waals surface area contributed by atoms with E-state index in [2.05, 4.69) is 20.8 Å². The van der Waals surface area contributed by atoms with Gasteiger partial charge in [-0.3, -0.25) is 0 Å². The van der Waals surface area contributed by atoms with Crippen LogP contribution in [-0.4, -0.2) is 21.9 Å². The maximum absolute atomic E-state index is 6.04. The maximum Gasteiger partial charge on any atom is 0.180 e. The summed E-state index contributed by atoms with van der Waals surface area (Å²) < 4.78 is 11.6. The summed E-state index contributed by atoms with van der Waals surface area (Å²) in [4.78, 5) is 0. The highest BCUT2D eigenvalue weighted by Gasteiger charge is 2.15. The van der Waals surface area contributed by atoms with Gasteiger partial charge in [0.2, 0.25) is 0 Å². The van der Waals surface area contributed by atoms with Crippen LogP contribution in [0.25, 0.3) is 0 Å². The van der Waals surface area contributed by atoms with Crippen LogP contribution >= 0.6 is 0 Å². The second-order valence-corrected chi connectivity index (χ2v) is 6.30. The number of rotatable bonds is 9. The predicted molar refractivity (Wildman–Crippen MR) is 64.1 cm³/mol. The molecule has 0 aliphatic rings. The molecule has 0 fully saturated rings. The summed E-state index contributed by atoms with van der Waals surface area (Å²) in [6.07, 6.45) is 3.54. The van der Waals surface area contributed by atoms with Gasteiger partial charge in [0.15, 0.2) is 9.04 Å². The highest BCUT2D eigenvalue weighted by atomic mass is 28.3. The third kappa shape index (κ3) is 6.57. The second-order valence-electron chi connectivity index (χ2n) is 3.63. The summed E-state index contributed by atoms with van der Waals surface area (Å²) in [5.74, 6) is 0. The van der Waals surface area contributed by atoms with E-state index in [0.717, 1.165) is 13.0 Å². The minimum absolute atomic E-state index is 0.0646. The summed E-state index contributed by atoms with van der Waals surface area (Å²) in [5.41, 5.74) is 0. The van der Waals surface area contributed by atoms with Crippen LogP contribution in [0.4, 0.5) is 0 Å². The van der Waals surface area contributed by atoms with E-state index in [1.807, 2.05) is 6.92 Å². The number of ether oxygens (including phenoxy) is 1. The van der Waals surface area contributed by atoms with Gasteiger partial charge in [-0.05, 0) is 25.4 Å². The Morgan fingerprint density at radius 2 is 1.57 bits per heavy atom. The standard InChI is InChI=1S/C11H26O2Si/c1-5-9-14(10-6-2)13-11(7-3)12-8-4/h11,14H,5-10H2,1-4H3. The van der Waals surface area contributed by atoms with Crippen LogP contribution in [0.2, 0.25) is 12.1 Å². The van der Waals surface area contributed by atoms with Crippen molar-refractivity contribution in [1.82, 2.24) is 0 Å². The first-order chi connectivity index (χ1) is 6.78. The molecule has 0 N–H and O–H groups in total. The average Bonchev–Trinajstić information content (AvgIpc) is 2.18. The Kier molecular flexibility index (Phi) is 9.78. The Bertz CT molecular complexity index is 114. The third-order valence-corrected chi connectivity index (χ3v) is 5.38. The van der Waals surface area contributed by atoms with E-state index >= 15 is 0 Å². The molecular formula is C11H26O2Si. The van der Waals surface area contributed by atoms with Crippen LogP contribution in [0.15, 0.2) is 0 Å². The van der Waals surface area contributed by atoms with E-state index in [0.29, 0.717) is 0 Å². The molecule has 86 valence electrons. The lowest BCUT2D eigenvalue weighted by Crippen LogP contribution is -2.27. The van der Waals surface area contributed by atoms with Crippen LogP contribution in [0.3, 0.4) is 0 Å². The van der Waals surface area contributed by atoms with E-state index in [1.54, 1.807) is 0 Å². The molecule has 0 aliphatic heterocycles. The molecule has 0 aromatic heterocycles. The van der Waals surface area contributed by atoms with Crippen molar-refractivity contribution in [2.45, 2.75) is 65.3 Å². The summed E-state index contributed by atoms with van der Waals surface area (Å²) >= 11 is 0. The molecule has 0 aliphatic carbocycles. The lowest BCUT2D eigenvalue weighted by molar-refractivity contribution is -0.0799. The first kappa shape index (κ1) is 14.1. The molecule has 0 saturated heterocycles. The maximum atomic E-state index is 6.04. The van der Waals surface area contributed by atoms with Crippen molar-refractivity contribution in [3.63, 3.8) is 0 Å². The van der Waals surface area contributed by atoms with Gasteiger partial charge >= 0.3 is 0 Å². The molecule has 2 nitrogen and oxygen atoms in total. The van der Waals surface area contributed by atoms with Crippen LogP contribution < -0.4 is 0 Å². The Hall–Kier alpha value is 0.137. The van der Waals surface area contributed by atoms with Crippen molar-refractivity contribution < 1.29 is 9.16 Å². The van der Waals surface area contributed by atoms with Gasteiger partial charge in [0.05, 0.1) is 0 Å². The quantitative estimate of drug-likeness (QED) is 0.436. The molecule has 14 heavy (non-hydrogen) atoms. The fourth-order valence-electron chi connectivity index (χ4n) is 1.58. The molecule has 0 aromatic carbocycles. The first-order valence-electron chi connectivity index (χ1n) is 6.05. The minimum atomic E-state index is -0.966. The van der Waals surface area contributed by atoms with Crippen LogP contribution in [0.1, 0.15) is 47.0 Å². The second kappa shape index (κ2) is 9.68. The van der Waals surface area contributed by atoms with E-state index in [1.165, 1.54) is 24.9 Å². The molecule has 0 heterocycles. The van der Waals surface area contributed by atoms with E-state index in [4.69, 9.17) is 9.16 Å². The van der Waals surface area contributed by atoms with Crippen molar-refractivity contribution in [1.29, 1.82) is 0 Å². The first-order valence-corrected chi connectivity index (χ1v) is 8.15. The zero-order valence-electron chi connectivity index (χ0n) is 10.2.